The molecule has 0 amide bonds. The van der Waals surface area contributed by atoms with E-state index in [2.05, 4.69) is 379 Å². The zero-order valence-corrected chi connectivity index (χ0v) is 55.7. The van der Waals surface area contributed by atoms with Gasteiger partial charge in [-0.1, -0.05) is 382 Å². The first-order valence-electron chi connectivity index (χ1n) is 31.0. The quantitative estimate of drug-likeness (QED) is 0.0890. The van der Waals surface area contributed by atoms with E-state index in [1.165, 1.54) is 63.7 Å². The Morgan fingerprint density at radius 1 is 0.258 bits per heavy atom. The number of anilines is 2. The van der Waals surface area contributed by atoms with E-state index in [4.69, 9.17) is 11.5 Å². The molecule has 5 N–H and O–H groups in total. The Bertz CT molecular complexity index is 3480. The second kappa shape index (κ2) is 36.3. The van der Waals surface area contributed by atoms with Gasteiger partial charge >= 0.3 is 0 Å². The predicted octanol–water partition coefficient (Wildman–Crippen LogP) is 15.0. The number of benzene rings is 13. The van der Waals surface area contributed by atoms with Crippen molar-refractivity contribution >= 4 is 107 Å². The molecular weight excluding hydrogens is 1200 g/mol. The zero-order chi connectivity index (χ0) is 63.9. The van der Waals surface area contributed by atoms with Crippen LogP contribution in [0.4, 0.5) is 11.8 Å². The maximum Gasteiger partial charge on any atom is 0.222 e. The molecule has 1 aromatic heterocycles. The molecule has 14 aromatic rings. The molecule has 0 atom stereocenters. The summed E-state index contributed by atoms with van der Waals surface area (Å²) >= 11 is 0. The lowest BCUT2D eigenvalue weighted by atomic mass is 10.1. The molecule has 13 aromatic carbocycles. The summed E-state index contributed by atoms with van der Waals surface area (Å²) in [5.74, 6) is 0.954. The van der Waals surface area contributed by atoms with Gasteiger partial charge in [-0.3, -0.25) is 0 Å². The third kappa shape index (κ3) is 19.6. The molecule has 456 valence electrons. The minimum absolute atomic E-state index is 0.255. The first-order valence-corrected chi connectivity index (χ1v) is 36.3. The normalized spacial score (nSPS) is 10.5. The van der Waals surface area contributed by atoms with Gasteiger partial charge in [0.25, 0.3) is 0 Å². The van der Waals surface area contributed by atoms with Gasteiger partial charge in [-0.15, -0.1) is 0 Å². The van der Waals surface area contributed by atoms with Crippen molar-refractivity contribution < 1.29 is 0 Å². The fourth-order valence-electron chi connectivity index (χ4n) is 10.3. The lowest BCUT2D eigenvalue weighted by Gasteiger charge is -2.18. The number of nitrogens with one attached hydrogen (secondary N) is 1. The molecule has 0 radical (unpaired) electrons. The van der Waals surface area contributed by atoms with Gasteiger partial charge in [-0.2, -0.15) is 4.98 Å². The van der Waals surface area contributed by atoms with E-state index in [-0.39, 0.29) is 5.95 Å². The number of hydrogen-bond donors (Lipinski definition) is 3. The van der Waals surface area contributed by atoms with Crippen molar-refractivity contribution in [2.75, 3.05) is 18.1 Å². The minimum Gasteiger partial charge on any atom is -0.373 e. The van der Waals surface area contributed by atoms with Crippen LogP contribution < -0.4 is 80.4 Å². The average Bonchev–Trinajstić information content (AvgIpc) is 1.62. The van der Waals surface area contributed by atoms with Crippen LogP contribution in [0, 0.1) is 0 Å². The first kappa shape index (κ1) is 66.2. The molecule has 0 spiro atoms. The maximum absolute atomic E-state index is 5.66. The molecule has 0 aliphatic heterocycles. The predicted molar refractivity (Wildman–Crippen MR) is 410 cm³/mol. The van der Waals surface area contributed by atoms with E-state index in [1.807, 2.05) is 30.3 Å². The molecule has 1 heterocycles. The van der Waals surface area contributed by atoms with Crippen LogP contribution in [0.5, 0.6) is 0 Å². The molecule has 93 heavy (non-hydrogen) atoms. The lowest BCUT2D eigenvalue weighted by Crippen LogP contribution is -2.20. The second-order valence-electron chi connectivity index (χ2n) is 21.0. The summed E-state index contributed by atoms with van der Waals surface area (Å²) < 4.78 is 0. The zero-order valence-electron chi connectivity index (χ0n) is 52.1. The summed E-state index contributed by atoms with van der Waals surface area (Å²) in [7, 11) is 0.00956. The van der Waals surface area contributed by atoms with Gasteiger partial charge in [0, 0.05) is 25.2 Å². The number of nitrogens with zero attached hydrogens (tertiary/aromatic N) is 2. The van der Waals surface area contributed by atoms with Gasteiger partial charge in [0.1, 0.15) is 5.82 Å². The number of nitrogens with two attached hydrogens (primary N) is 2. The molecule has 9 heteroatoms. The minimum atomic E-state index is -0.446. The van der Waals surface area contributed by atoms with Crippen LogP contribution in [0.3, 0.4) is 0 Å². The fraction of sp³-hybridized carbons (Fsp3) is 0.0238. The molecule has 0 unspecified atom stereocenters. The fourth-order valence-corrected chi connectivity index (χ4v) is 19.5. The first-order chi connectivity index (χ1) is 46.0. The lowest BCUT2D eigenvalue weighted by molar-refractivity contribution is 1.07. The van der Waals surface area contributed by atoms with Crippen molar-refractivity contribution in [1.29, 1.82) is 0 Å². The molecule has 0 aliphatic carbocycles. The highest BCUT2D eigenvalue weighted by Crippen LogP contribution is 2.35. The Hall–Kier alpha value is -9.78. The van der Waals surface area contributed by atoms with Crippen molar-refractivity contribution in [3.05, 3.63) is 400 Å². The highest BCUT2D eigenvalue weighted by Gasteiger charge is 2.19. The van der Waals surface area contributed by atoms with E-state index in [9.17, 15) is 0 Å². The summed E-state index contributed by atoms with van der Waals surface area (Å²) in [6, 6.07) is 139. The van der Waals surface area contributed by atoms with E-state index in [1.54, 1.807) is 7.05 Å². The molecule has 0 fully saturated rings. The van der Waals surface area contributed by atoms with Gasteiger partial charge < -0.3 is 16.8 Å². The van der Waals surface area contributed by atoms with E-state index >= 15 is 0 Å². The average molecular weight is 1280 g/mol. The van der Waals surface area contributed by atoms with Crippen molar-refractivity contribution in [3.63, 3.8) is 0 Å². The van der Waals surface area contributed by atoms with Crippen molar-refractivity contribution in [2.24, 2.45) is 5.73 Å². The van der Waals surface area contributed by atoms with Gasteiger partial charge in [0.15, 0.2) is 0 Å². The number of hydrogen-bond acceptors (Lipinski definition) is 5. The van der Waals surface area contributed by atoms with Gasteiger partial charge in [0.05, 0.1) is 5.69 Å². The number of rotatable bonds is 15. The largest absolute Gasteiger partial charge is 0.373 e. The van der Waals surface area contributed by atoms with Gasteiger partial charge in [0.2, 0.25) is 5.95 Å². The molecular formula is C84H75N5P4. The summed E-state index contributed by atoms with van der Waals surface area (Å²) in [6.45, 7) is 0.507. The summed E-state index contributed by atoms with van der Waals surface area (Å²) in [4.78, 5) is 8.26. The monoisotopic (exact) mass is 1280 g/mol. The van der Waals surface area contributed by atoms with Crippen LogP contribution in [0.25, 0.3) is 11.3 Å². The second-order valence-corrected chi connectivity index (χ2v) is 29.9. The molecule has 0 bridgehead atoms. The Morgan fingerprint density at radius 2 is 0.462 bits per heavy atom. The number of aromatic nitrogens is 2. The summed E-state index contributed by atoms with van der Waals surface area (Å²) in [5.41, 5.74) is 14.1. The van der Waals surface area contributed by atoms with Crippen LogP contribution in [0.1, 0.15) is 5.56 Å². The molecule has 0 aliphatic rings. The van der Waals surface area contributed by atoms with E-state index < -0.39 is 31.7 Å². The Kier molecular flexibility index (Phi) is 25.8. The van der Waals surface area contributed by atoms with Gasteiger partial charge in [-0.05, 0) is 107 Å². The smallest absolute Gasteiger partial charge is 0.222 e. The standard InChI is InChI=1S/4C18H15P.C12H15N5/c4*1-4-10-16(11-5-1)19(17-12-6-2-7-13-17)18-14-8-3-9-15-18;1-15-11-6-10(16-12(14)17-11)9-4-2-3-8(5-9)7-13/h4*1-15H;2-6H,7,13H2,1H3,(H3,14,15,16,17). The summed E-state index contributed by atoms with van der Waals surface area (Å²) in [5, 5.41) is 19.7. The Balaban J connectivity index is 0.000000127. The van der Waals surface area contributed by atoms with E-state index in [0.29, 0.717) is 12.4 Å². The third-order valence-electron chi connectivity index (χ3n) is 14.6. The maximum atomic E-state index is 5.66. The Labute approximate surface area is 555 Å². The Morgan fingerprint density at radius 3 is 0.645 bits per heavy atom. The van der Waals surface area contributed by atoms with Crippen LogP contribution in [0.15, 0.2) is 394 Å². The number of nitrogen functional groups attached to an aromatic ring is 1. The van der Waals surface area contributed by atoms with Crippen LogP contribution in [-0.2, 0) is 6.54 Å². The van der Waals surface area contributed by atoms with Crippen LogP contribution in [-0.4, -0.2) is 17.0 Å². The van der Waals surface area contributed by atoms with Crippen LogP contribution >= 0.6 is 31.7 Å². The molecule has 5 nitrogen and oxygen atoms in total. The molecule has 0 saturated heterocycles. The molecule has 14 rings (SSSR count). The van der Waals surface area contributed by atoms with Crippen LogP contribution in [0.2, 0.25) is 0 Å². The summed E-state index contributed by atoms with van der Waals surface area (Å²) in [6.07, 6.45) is 0. The third-order valence-corrected chi connectivity index (χ3v) is 24.4. The van der Waals surface area contributed by atoms with E-state index in [0.717, 1.165) is 16.8 Å². The topological polar surface area (TPSA) is 89.8 Å². The highest BCUT2D eigenvalue weighted by atomic mass is 31.1. The molecule has 0 saturated carbocycles. The van der Waals surface area contributed by atoms with Crippen molar-refractivity contribution in [2.45, 2.75) is 6.54 Å². The van der Waals surface area contributed by atoms with Crippen molar-refractivity contribution in [1.82, 2.24) is 9.97 Å². The van der Waals surface area contributed by atoms with Crippen molar-refractivity contribution in [3.8, 4) is 11.3 Å². The highest BCUT2D eigenvalue weighted by molar-refractivity contribution is 7.81. The SMILES string of the molecule is CNc1cc(-c2cccc(CN)c2)nc(N)n1.c1ccc(P(c2ccccc2)c2ccccc2)cc1.c1ccc(P(c2ccccc2)c2ccccc2)cc1.c1ccc(P(c2ccccc2)c2ccccc2)cc1.c1ccc(P(c2ccccc2)c2ccccc2)cc1. The van der Waals surface area contributed by atoms with Gasteiger partial charge in [-0.25, -0.2) is 4.98 Å².